The van der Waals surface area contributed by atoms with Crippen LogP contribution in [0.1, 0.15) is 31.2 Å². The average Bonchev–Trinajstić information content (AvgIpc) is 3.38. The second-order valence-corrected chi connectivity index (χ2v) is 6.15. The van der Waals surface area contributed by atoms with E-state index in [0.717, 1.165) is 44.3 Å². The standard InChI is InChI=1S/C16H21N3O3/c20-16(13-6-8-17-9-7-13)18(14-4-5-14)11-12-2-1-3-15(10-12)19(21)22/h1-3,10,13-14,17H,4-9,11H2. The zero-order valence-corrected chi connectivity index (χ0v) is 12.5. The zero-order chi connectivity index (χ0) is 15.5. The lowest BCUT2D eigenvalue weighted by Crippen LogP contribution is -2.41. The zero-order valence-electron chi connectivity index (χ0n) is 12.5. The smallest absolute Gasteiger partial charge is 0.269 e. The number of rotatable bonds is 5. The summed E-state index contributed by atoms with van der Waals surface area (Å²) in [6, 6.07) is 6.93. The van der Waals surface area contributed by atoms with Gasteiger partial charge in [0.05, 0.1) is 4.92 Å². The van der Waals surface area contributed by atoms with Crippen molar-refractivity contribution in [2.45, 2.75) is 38.3 Å². The van der Waals surface area contributed by atoms with Gasteiger partial charge in [-0.1, -0.05) is 12.1 Å². The molecular formula is C16H21N3O3. The topological polar surface area (TPSA) is 75.5 Å². The van der Waals surface area contributed by atoms with Crippen LogP contribution in [-0.4, -0.2) is 34.9 Å². The first-order valence-corrected chi connectivity index (χ1v) is 7.89. The van der Waals surface area contributed by atoms with Crippen molar-refractivity contribution in [3.8, 4) is 0 Å². The third-order valence-corrected chi connectivity index (χ3v) is 4.43. The molecular weight excluding hydrogens is 282 g/mol. The molecule has 0 spiro atoms. The van der Waals surface area contributed by atoms with E-state index in [-0.39, 0.29) is 22.4 Å². The van der Waals surface area contributed by atoms with Crippen LogP contribution in [0.2, 0.25) is 0 Å². The predicted octanol–water partition coefficient (Wildman–Crippen LogP) is 2.09. The summed E-state index contributed by atoms with van der Waals surface area (Å²) in [4.78, 5) is 25.2. The molecule has 3 rings (SSSR count). The number of carbonyl (C=O) groups is 1. The van der Waals surface area contributed by atoms with Gasteiger partial charge in [0.25, 0.3) is 5.69 Å². The predicted molar refractivity (Wildman–Crippen MR) is 82.3 cm³/mol. The molecule has 0 atom stereocenters. The highest BCUT2D eigenvalue weighted by molar-refractivity contribution is 5.79. The van der Waals surface area contributed by atoms with Gasteiger partial charge in [-0.15, -0.1) is 0 Å². The van der Waals surface area contributed by atoms with Crippen LogP contribution in [0.25, 0.3) is 0 Å². The SMILES string of the molecule is O=C(C1CCNCC1)N(Cc1cccc([N+](=O)[O-])c1)C1CC1. The fraction of sp³-hybridized carbons (Fsp3) is 0.562. The lowest BCUT2D eigenvalue weighted by molar-refractivity contribution is -0.384. The molecule has 1 aromatic rings. The molecule has 2 fully saturated rings. The third-order valence-electron chi connectivity index (χ3n) is 4.43. The Morgan fingerprint density at radius 3 is 2.64 bits per heavy atom. The van der Waals surface area contributed by atoms with Gasteiger partial charge in [-0.25, -0.2) is 0 Å². The molecule has 1 amide bonds. The molecule has 0 aromatic heterocycles. The fourth-order valence-electron chi connectivity index (χ4n) is 3.04. The molecule has 0 unspecified atom stereocenters. The maximum Gasteiger partial charge on any atom is 0.269 e. The summed E-state index contributed by atoms with van der Waals surface area (Å²) < 4.78 is 0. The fourth-order valence-corrected chi connectivity index (χ4v) is 3.04. The molecule has 1 heterocycles. The number of nitrogens with zero attached hydrogens (tertiary/aromatic N) is 2. The van der Waals surface area contributed by atoms with E-state index in [2.05, 4.69) is 5.32 Å². The molecule has 1 aromatic carbocycles. The molecule has 2 aliphatic rings. The number of piperidine rings is 1. The highest BCUT2D eigenvalue weighted by Gasteiger charge is 2.36. The molecule has 118 valence electrons. The molecule has 1 N–H and O–H groups in total. The van der Waals surface area contributed by atoms with Gasteiger partial charge in [0.15, 0.2) is 0 Å². The molecule has 1 aliphatic carbocycles. The highest BCUT2D eigenvalue weighted by atomic mass is 16.6. The minimum atomic E-state index is -0.389. The van der Waals surface area contributed by atoms with Crippen LogP contribution < -0.4 is 5.32 Å². The minimum absolute atomic E-state index is 0.0857. The maximum atomic E-state index is 12.8. The van der Waals surface area contributed by atoms with Crippen LogP contribution in [0.4, 0.5) is 5.69 Å². The first kappa shape index (κ1) is 15.0. The Balaban J connectivity index is 1.73. The van der Waals surface area contributed by atoms with Crippen molar-refractivity contribution < 1.29 is 9.72 Å². The number of hydrogen-bond acceptors (Lipinski definition) is 4. The lowest BCUT2D eigenvalue weighted by Gasteiger charge is -2.30. The van der Waals surface area contributed by atoms with Crippen LogP contribution in [0.3, 0.4) is 0 Å². The summed E-state index contributed by atoms with van der Waals surface area (Å²) in [5.41, 5.74) is 0.922. The first-order valence-electron chi connectivity index (χ1n) is 7.89. The Morgan fingerprint density at radius 1 is 1.27 bits per heavy atom. The molecule has 0 bridgehead atoms. The average molecular weight is 303 g/mol. The van der Waals surface area contributed by atoms with Gasteiger partial charge < -0.3 is 10.2 Å². The van der Waals surface area contributed by atoms with Crippen LogP contribution in [0.15, 0.2) is 24.3 Å². The lowest BCUT2D eigenvalue weighted by atomic mass is 9.96. The van der Waals surface area contributed by atoms with Gasteiger partial charge in [0.1, 0.15) is 0 Å². The number of hydrogen-bond donors (Lipinski definition) is 1. The van der Waals surface area contributed by atoms with Crippen molar-refractivity contribution in [2.75, 3.05) is 13.1 Å². The molecule has 1 saturated heterocycles. The van der Waals surface area contributed by atoms with Gasteiger partial charge in [0, 0.05) is 30.6 Å². The Bertz CT molecular complexity index is 566. The summed E-state index contributed by atoms with van der Waals surface area (Å²) in [6.45, 7) is 2.27. The summed E-state index contributed by atoms with van der Waals surface area (Å²) >= 11 is 0. The van der Waals surface area contributed by atoms with E-state index in [9.17, 15) is 14.9 Å². The van der Waals surface area contributed by atoms with E-state index in [4.69, 9.17) is 0 Å². The third kappa shape index (κ3) is 3.44. The Kier molecular flexibility index (Phi) is 4.38. The van der Waals surface area contributed by atoms with Crippen LogP contribution >= 0.6 is 0 Å². The monoisotopic (exact) mass is 303 g/mol. The van der Waals surface area contributed by atoms with Gasteiger partial charge in [-0.3, -0.25) is 14.9 Å². The molecule has 1 saturated carbocycles. The summed E-state index contributed by atoms with van der Waals surface area (Å²) in [6.07, 6.45) is 3.87. The quantitative estimate of drug-likeness (QED) is 0.667. The summed E-state index contributed by atoms with van der Waals surface area (Å²) in [5.74, 6) is 0.316. The molecule has 22 heavy (non-hydrogen) atoms. The van der Waals surface area contributed by atoms with Gasteiger partial charge in [0.2, 0.25) is 5.91 Å². The second kappa shape index (κ2) is 6.44. The maximum absolute atomic E-state index is 12.8. The highest BCUT2D eigenvalue weighted by Crippen LogP contribution is 2.31. The number of nitrogens with one attached hydrogen (secondary N) is 1. The molecule has 6 heteroatoms. The normalized spacial score (nSPS) is 18.9. The number of amides is 1. The van der Waals surface area contributed by atoms with Crippen LogP contribution in [-0.2, 0) is 11.3 Å². The van der Waals surface area contributed by atoms with Crippen LogP contribution in [0, 0.1) is 16.0 Å². The summed E-state index contributed by atoms with van der Waals surface area (Å²) in [5, 5.41) is 14.2. The van der Waals surface area contributed by atoms with E-state index in [0.29, 0.717) is 12.6 Å². The van der Waals surface area contributed by atoms with Crippen molar-refractivity contribution >= 4 is 11.6 Å². The number of benzene rings is 1. The van der Waals surface area contributed by atoms with Gasteiger partial charge >= 0.3 is 0 Å². The number of non-ortho nitro benzene ring substituents is 1. The van der Waals surface area contributed by atoms with E-state index in [1.165, 1.54) is 6.07 Å². The Morgan fingerprint density at radius 2 is 2.00 bits per heavy atom. The van der Waals surface area contributed by atoms with Crippen molar-refractivity contribution in [1.29, 1.82) is 0 Å². The number of nitro groups is 1. The molecule has 1 aliphatic heterocycles. The number of nitro benzene ring substituents is 1. The van der Waals surface area contributed by atoms with Crippen molar-refractivity contribution in [2.24, 2.45) is 5.92 Å². The van der Waals surface area contributed by atoms with E-state index in [1.807, 2.05) is 11.0 Å². The van der Waals surface area contributed by atoms with Crippen molar-refractivity contribution in [1.82, 2.24) is 10.2 Å². The molecule has 6 nitrogen and oxygen atoms in total. The van der Waals surface area contributed by atoms with E-state index in [1.54, 1.807) is 12.1 Å². The van der Waals surface area contributed by atoms with E-state index >= 15 is 0 Å². The minimum Gasteiger partial charge on any atom is -0.335 e. The second-order valence-electron chi connectivity index (χ2n) is 6.15. The first-order chi connectivity index (χ1) is 10.6. The molecule has 0 radical (unpaired) electrons. The van der Waals surface area contributed by atoms with Crippen molar-refractivity contribution in [3.05, 3.63) is 39.9 Å². The Hall–Kier alpha value is -1.95. The Labute approximate surface area is 129 Å². The van der Waals surface area contributed by atoms with Crippen LogP contribution in [0.5, 0.6) is 0 Å². The van der Waals surface area contributed by atoms with Gasteiger partial charge in [-0.2, -0.15) is 0 Å². The summed E-state index contributed by atoms with van der Waals surface area (Å²) in [7, 11) is 0. The van der Waals surface area contributed by atoms with E-state index < -0.39 is 0 Å². The largest absolute Gasteiger partial charge is 0.335 e. The van der Waals surface area contributed by atoms with Gasteiger partial charge in [-0.05, 0) is 44.3 Å². The number of carbonyl (C=O) groups excluding carboxylic acids is 1. The van der Waals surface area contributed by atoms with Crippen molar-refractivity contribution in [3.63, 3.8) is 0 Å².